The fourth-order valence-electron chi connectivity index (χ4n) is 3.01. The second-order valence-electron chi connectivity index (χ2n) is 7.63. The van der Waals surface area contributed by atoms with Gasteiger partial charge in [-0.25, -0.2) is 9.18 Å². The van der Waals surface area contributed by atoms with Gasteiger partial charge in [0.05, 0.1) is 0 Å². The third-order valence-electron chi connectivity index (χ3n) is 4.22. The Bertz CT molecular complexity index is 710. The number of nitrogens with zero attached hydrogens (tertiary/aromatic N) is 1. The maximum atomic E-state index is 14.0. The zero-order valence-electron chi connectivity index (χ0n) is 15.9. The van der Waals surface area contributed by atoms with Crippen molar-refractivity contribution in [1.29, 1.82) is 0 Å². The van der Waals surface area contributed by atoms with E-state index in [9.17, 15) is 14.0 Å². The van der Waals surface area contributed by atoms with E-state index in [0.29, 0.717) is 29.8 Å². The van der Waals surface area contributed by atoms with Gasteiger partial charge < -0.3 is 15.0 Å². The minimum Gasteiger partial charge on any atom is -0.444 e. The fraction of sp³-hybridized carbons (Fsp3) is 0.500. The van der Waals surface area contributed by atoms with Crippen LogP contribution in [0.15, 0.2) is 18.7 Å². The maximum absolute atomic E-state index is 14.0. The minimum atomic E-state index is -0.574. The highest BCUT2D eigenvalue weighted by atomic mass is 19.1. The van der Waals surface area contributed by atoms with Gasteiger partial charge in [-0.15, -0.1) is 0 Å². The largest absolute Gasteiger partial charge is 0.444 e. The van der Waals surface area contributed by atoms with Crippen LogP contribution in [0.1, 0.15) is 55.1 Å². The maximum Gasteiger partial charge on any atom is 0.407 e. The Hall–Kier alpha value is -2.37. The van der Waals surface area contributed by atoms with E-state index in [0.717, 1.165) is 12.8 Å². The Labute approximate surface area is 154 Å². The van der Waals surface area contributed by atoms with Gasteiger partial charge in [0.25, 0.3) is 5.91 Å². The first kappa shape index (κ1) is 19.9. The van der Waals surface area contributed by atoms with Gasteiger partial charge in [-0.3, -0.25) is 4.79 Å². The van der Waals surface area contributed by atoms with Gasteiger partial charge in [-0.2, -0.15) is 0 Å². The van der Waals surface area contributed by atoms with Crippen molar-refractivity contribution < 1.29 is 18.7 Å². The van der Waals surface area contributed by atoms with E-state index in [1.165, 1.54) is 12.1 Å². The van der Waals surface area contributed by atoms with Crippen LogP contribution in [0.25, 0.3) is 6.08 Å². The molecule has 1 aromatic rings. The first-order chi connectivity index (χ1) is 12.1. The molecule has 1 aliphatic rings. The van der Waals surface area contributed by atoms with Crippen LogP contribution in [0.2, 0.25) is 0 Å². The molecule has 1 unspecified atom stereocenters. The number of ether oxygens (including phenoxy) is 1. The summed E-state index contributed by atoms with van der Waals surface area (Å²) in [5.74, 6) is -0.693. The lowest BCUT2D eigenvalue weighted by atomic mass is 10.0. The van der Waals surface area contributed by atoms with Crippen LogP contribution >= 0.6 is 0 Å². The molecule has 0 radical (unpaired) electrons. The third-order valence-corrected chi connectivity index (χ3v) is 4.22. The average molecular weight is 362 g/mol. The number of likely N-dealkylation sites (tertiary alicyclic amines) is 1. The second kappa shape index (κ2) is 7.89. The van der Waals surface area contributed by atoms with Crippen LogP contribution in [0.5, 0.6) is 0 Å². The molecule has 1 N–H and O–H groups in total. The van der Waals surface area contributed by atoms with Gasteiger partial charge in [-0.1, -0.05) is 12.7 Å². The highest BCUT2D eigenvalue weighted by Gasteiger charge is 2.28. The number of hydrogen-bond donors (Lipinski definition) is 1. The Morgan fingerprint density at radius 2 is 2.08 bits per heavy atom. The topological polar surface area (TPSA) is 58.6 Å². The van der Waals surface area contributed by atoms with Crippen molar-refractivity contribution in [3.05, 3.63) is 41.2 Å². The second-order valence-corrected chi connectivity index (χ2v) is 7.63. The van der Waals surface area contributed by atoms with Crippen LogP contribution in [0.4, 0.5) is 9.18 Å². The van der Waals surface area contributed by atoms with Crippen LogP contribution in [0, 0.1) is 12.7 Å². The van der Waals surface area contributed by atoms with Crippen molar-refractivity contribution in [3.8, 4) is 0 Å². The number of amides is 2. The number of hydrogen-bond acceptors (Lipinski definition) is 3. The molecule has 142 valence electrons. The molecule has 0 aliphatic carbocycles. The number of alkyl carbamates (subject to hydrolysis) is 1. The Morgan fingerprint density at radius 3 is 2.69 bits per heavy atom. The Kier molecular flexibility index (Phi) is 6.05. The normalized spacial score (nSPS) is 17.6. The van der Waals surface area contributed by atoms with Crippen molar-refractivity contribution in [1.82, 2.24) is 10.2 Å². The SMILES string of the molecule is C=Cc1cc(C)c(C(=O)N2CCCC(NC(=O)OC(C)(C)C)C2)cc1F. The molecule has 0 bridgehead atoms. The molecule has 1 heterocycles. The molecule has 2 amide bonds. The van der Waals surface area contributed by atoms with E-state index < -0.39 is 17.5 Å². The smallest absolute Gasteiger partial charge is 0.407 e. The monoisotopic (exact) mass is 362 g/mol. The molecular formula is C20H27FN2O3. The van der Waals surface area contributed by atoms with E-state index in [-0.39, 0.29) is 11.9 Å². The predicted molar refractivity (Wildman–Crippen MR) is 99.5 cm³/mol. The zero-order chi connectivity index (χ0) is 19.5. The van der Waals surface area contributed by atoms with Crippen molar-refractivity contribution in [2.75, 3.05) is 13.1 Å². The standard InChI is InChI=1S/C20H27FN2O3/c1-6-14-10-13(2)16(11-17(14)21)18(24)23-9-7-8-15(12-23)22-19(25)26-20(3,4)5/h6,10-11,15H,1,7-9,12H2,2-5H3,(H,22,25). The average Bonchev–Trinajstić information content (AvgIpc) is 2.54. The number of rotatable bonds is 3. The molecule has 1 aromatic carbocycles. The molecule has 1 fully saturated rings. The van der Waals surface area contributed by atoms with Crippen molar-refractivity contribution in [2.45, 2.75) is 52.2 Å². The summed E-state index contributed by atoms with van der Waals surface area (Å²) in [6, 6.07) is 2.70. The molecule has 1 saturated heterocycles. The van der Waals surface area contributed by atoms with Crippen LogP contribution < -0.4 is 5.32 Å². The van der Waals surface area contributed by atoms with Crippen LogP contribution in [0.3, 0.4) is 0 Å². The molecule has 1 aliphatic heterocycles. The number of nitrogens with one attached hydrogen (secondary N) is 1. The summed E-state index contributed by atoms with van der Waals surface area (Å²) in [4.78, 5) is 26.4. The highest BCUT2D eigenvalue weighted by molar-refractivity contribution is 5.96. The first-order valence-electron chi connectivity index (χ1n) is 8.82. The highest BCUT2D eigenvalue weighted by Crippen LogP contribution is 2.20. The number of aryl methyl sites for hydroxylation is 1. The molecule has 6 heteroatoms. The van der Waals surface area contributed by atoms with Gasteiger partial charge in [-0.05, 0) is 58.2 Å². The molecule has 0 aromatic heterocycles. The third kappa shape index (κ3) is 5.07. The summed E-state index contributed by atoms with van der Waals surface area (Å²) in [6.07, 6.45) is 2.47. The van der Waals surface area contributed by atoms with E-state index in [2.05, 4.69) is 11.9 Å². The van der Waals surface area contributed by atoms with E-state index in [4.69, 9.17) is 4.74 Å². The molecule has 0 spiro atoms. The fourth-order valence-corrected chi connectivity index (χ4v) is 3.01. The van der Waals surface area contributed by atoms with Crippen molar-refractivity contribution in [3.63, 3.8) is 0 Å². The van der Waals surface area contributed by atoms with E-state index >= 15 is 0 Å². The molecule has 5 nitrogen and oxygen atoms in total. The van der Waals surface area contributed by atoms with Crippen molar-refractivity contribution in [2.24, 2.45) is 0 Å². The van der Waals surface area contributed by atoms with Gasteiger partial charge in [0.15, 0.2) is 0 Å². The number of benzene rings is 1. The lowest BCUT2D eigenvalue weighted by molar-refractivity contribution is 0.0452. The summed E-state index contributed by atoms with van der Waals surface area (Å²) in [5, 5.41) is 2.81. The van der Waals surface area contributed by atoms with Crippen LogP contribution in [-0.2, 0) is 4.74 Å². The molecule has 2 rings (SSSR count). The number of halogens is 1. The Morgan fingerprint density at radius 1 is 1.38 bits per heavy atom. The number of carbonyl (C=O) groups excluding carboxylic acids is 2. The molecule has 0 saturated carbocycles. The first-order valence-corrected chi connectivity index (χ1v) is 8.82. The van der Waals surface area contributed by atoms with Gasteiger partial charge >= 0.3 is 6.09 Å². The van der Waals surface area contributed by atoms with Gasteiger partial charge in [0, 0.05) is 30.3 Å². The van der Waals surface area contributed by atoms with Gasteiger partial charge in [0.1, 0.15) is 11.4 Å². The van der Waals surface area contributed by atoms with E-state index in [1.807, 2.05) is 0 Å². The molecule has 1 atom stereocenters. The van der Waals surface area contributed by atoms with E-state index in [1.54, 1.807) is 38.7 Å². The lowest BCUT2D eigenvalue weighted by Gasteiger charge is -2.34. The van der Waals surface area contributed by atoms with Gasteiger partial charge in [0.2, 0.25) is 0 Å². The summed E-state index contributed by atoms with van der Waals surface area (Å²) >= 11 is 0. The zero-order valence-corrected chi connectivity index (χ0v) is 15.9. The Balaban J connectivity index is 2.07. The molecular weight excluding hydrogens is 335 g/mol. The van der Waals surface area contributed by atoms with Crippen LogP contribution in [-0.4, -0.2) is 41.6 Å². The summed E-state index contributed by atoms with van der Waals surface area (Å²) in [5.41, 5.74) is 0.845. The quantitative estimate of drug-likeness (QED) is 0.887. The number of piperidine rings is 1. The molecule has 26 heavy (non-hydrogen) atoms. The summed E-state index contributed by atoms with van der Waals surface area (Å²) < 4.78 is 19.3. The summed E-state index contributed by atoms with van der Waals surface area (Å²) in [7, 11) is 0. The lowest BCUT2D eigenvalue weighted by Crippen LogP contribution is -2.50. The summed E-state index contributed by atoms with van der Waals surface area (Å²) in [6.45, 7) is 11.7. The predicted octanol–water partition coefficient (Wildman–Crippen LogP) is 3.91. The minimum absolute atomic E-state index is 0.180. The van der Waals surface area contributed by atoms with Crippen molar-refractivity contribution >= 4 is 18.1 Å². The number of carbonyl (C=O) groups is 2.